The van der Waals surface area contributed by atoms with Gasteiger partial charge in [-0.3, -0.25) is 0 Å². The minimum atomic E-state index is -3.89. The normalized spacial score (nSPS) is 18.4. The van der Waals surface area contributed by atoms with E-state index in [-0.39, 0.29) is 23.7 Å². The third kappa shape index (κ3) is 5.18. The van der Waals surface area contributed by atoms with Gasteiger partial charge in [0.1, 0.15) is 5.82 Å². The molecule has 1 aliphatic rings. The molecule has 0 amide bonds. The van der Waals surface area contributed by atoms with E-state index >= 15 is 0 Å². The van der Waals surface area contributed by atoms with Crippen LogP contribution in [0, 0.1) is 5.82 Å². The Morgan fingerprint density at radius 2 is 1.83 bits per heavy atom. The van der Waals surface area contributed by atoms with Crippen LogP contribution in [0.15, 0.2) is 64.6 Å². The number of oxime groups is 1. The highest BCUT2D eigenvalue weighted by Gasteiger charge is 2.36. The average Bonchev–Trinajstić information content (AvgIpc) is 2.73. The average molecular weight is 419 g/mol. The van der Waals surface area contributed by atoms with Gasteiger partial charge in [-0.05, 0) is 42.7 Å². The topological polar surface area (TPSA) is 102 Å². The maximum atomic E-state index is 13.2. The molecular formula is C20H22FN3O4S. The van der Waals surface area contributed by atoms with Gasteiger partial charge >= 0.3 is 5.97 Å². The second-order valence-electron chi connectivity index (χ2n) is 6.72. The Bertz CT molecular complexity index is 979. The molecular weight excluding hydrogens is 397 g/mol. The van der Waals surface area contributed by atoms with Crippen LogP contribution in [0.5, 0.6) is 0 Å². The molecule has 7 nitrogen and oxygen atoms in total. The molecule has 0 radical (unpaired) electrons. The number of nitrogens with two attached hydrogens (primary N) is 1. The van der Waals surface area contributed by atoms with Gasteiger partial charge in [0.05, 0.1) is 17.4 Å². The summed E-state index contributed by atoms with van der Waals surface area (Å²) in [7, 11) is -3.89. The van der Waals surface area contributed by atoms with Crippen LogP contribution in [-0.4, -0.2) is 37.1 Å². The van der Waals surface area contributed by atoms with Crippen molar-refractivity contribution in [2.24, 2.45) is 10.9 Å². The second kappa shape index (κ2) is 9.15. The van der Waals surface area contributed by atoms with Crippen LogP contribution in [-0.2, 0) is 26.1 Å². The van der Waals surface area contributed by atoms with Gasteiger partial charge in [0.2, 0.25) is 10.0 Å². The molecule has 154 valence electrons. The number of hydrogen-bond donors (Lipinski definition) is 1. The molecule has 1 saturated heterocycles. The second-order valence-corrected chi connectivity index (χ2v) is 8.61. The first-order chi connectivity index (χ1) is 13.9. The summed E-state index contributed by atoms with van der Waals surface area (Å²) in [5, 5.41) is 3.69. The van der Waals surface area contributed by atoms with E-state index in [0.717, 1.165) is 24.1 Å². The Balaban J connectivity index is 1.73. The quantitative estimate of drug-likeness (QED) is 0.335. The van der Waals surface area contributed by atoms with Crippen LogP contribution < -0.4 is 5.73 Å². The molecule has 2 N–H and O–H groups in total. The fraction of sp³-hybridized carbons (Fsp3) is 0.300. The molecule has 0 unspecified atom stereocenters. The van der Waals surface area contributed by atoms with Crippen molar-refractivity contribution in [3.8, 4) is 0 Å². The number of nitrogens with zero attached hydrogens (tertiary/aromatic N) is 2. The molecule has 29 heavy (non-hydrogen) atoms. The number of carbonyl (C=O) groups excluding carboxylic acids is 1. The molecule has 2 aromatic carbocycles. The summed E-state index contributed by atoms with van der Waals surface area (Å²) < 4.78 is 40.3. The first kappa shape index (κ1) is 20.9. The number of piperidine rings is 1. The zero-order chi connectivity index (χ0) is 20.9. The molecule has 0 spiro atoms. The van der Waals surface area contributed by atoms with E-state index in [2.05, 4.69) is 5.16 Å². The van der Waals surface area contributed by atoms with Crippen molar-refractivity contribution in [2.75, 3.05) is 6.54 Å². The lowest BCUT2D eigenvalue weighted by atomic mass is 10.0. The summed E-state index contributed by atoms with van der Waals surface area (Å²) in [6.45, 7) is 0.249. The van der Waals surface area contributed by atoms with E-state index in [1.54, 1.807) is 24.3 Å². The van der Waals surface area contributed by atoms with Gasteiger partial charge in [0, 0.05) is 6.54 Å². The molecule has 3 rings (SSSR count). The predicted octanol–water partition coefficient (Wildman–Crippen LogP) is 2.43. The minimum Gasteiger partial charge on any atom is -0.383 e. The van der Waals surface area contributed by atoms with Crippen LogP contribution in [0.1, 0.15) is 24.8 Å². The van der Waals surface area contributed by atoms with E-state index in [0.29, 0.717) is 12.8 Å². The van der Waals surface area contributed by atoms with E-state index in [1.165, 1.54) is 16.4 Å². The van der Waals surface area contributed by atoms with Crippen molar-refractivity contribution in [1.82, 2.24) is 4.31 Å². The highest BCUT2D eigenvalue weighted by Crippen LogP contribution is 2.25. The van der Waals surface area contributed by atoms with Gasteiger partial charge in [-0.2, -0.15) is 4.31 Å². The van der Waals surface area contributed by atoms with Crippen LogP contribution in [0.3, 0.4) is 0 Å². The molecule has 0 aromatic heterocycles. The lowest BCUT2D eigenvalue weighted by Gasteiger charge is -2.33. The summed E-state index contributed by atoms with van der Waals surface area (Å²) in [6.07, 6.45) is 1.90. The summed E-state index contributed by atoms with van der Waals surface area (Å²) in [4.78, 5) is 16.8. The number of amidine groups is 1. The lowest BCUT2D eigenvalue weighted by molar-refractivity contribution is -0.142. The van der Waals surface area contributed by atoms with Gasteiger partial charge in [-0.15, -0.1) is 0 Å². The van der Waals surface area contributed by atoms with E-state index < -0.39 is 27.9 Å². The van der Waals surface area contributed by atoms with Crippen molar-refractivity contribution < 1.29 is 22.4 Å². The largest absolute Gasteiger partial charge is 0.383 e. The summed E-state index contributed by atoms with van der Waals surface area (Å²) >= 11 is 0. The summed E-state index contributed by atoms with van der Waals surface area (Å²) in [5.74, 6) is -1.20. The van der Waals surface area contributed by atoms with E-state index in [1.807, 2.05) is 6.07 Å². The first-order valence-corrected chi connectivity index (χ1v) is 10.7. The molecule has 1 heterocycles. The van der Waals surface area contributed by atoms with Crippen molar-refractivity contribution in [3.63, 3.8) is 0 Å². The molecule has 0 saturated carbocycles. The van der Waals surface area contributed by atoms with Gasteiger partial charge < -0.3 is 10.6 Å². The van der Waals surface area contributed by atoms with Crippen LogP contribution >= 0.6 is 0 Å². The molecule has 0 aliphatic carbocycles. The Hall–Kier alpha value is -2.78. The predicted molar refractivity (Wildman–Crippen MR) is 106 cm³/mol. The molecule has 2 aromatic rings. The monoisotopic (exact) mass is 419 g/mol. The first-order valence-electron chi connectivity index (χ1n) is 9.22. The number of halogens is 1. The molecule has 1 aliphatic heterocycles. The number of hydrogen-bond acceptors (Lipinski definition) is 5. The fourth-order valence-corrected chi connectivity index (χ4v) is 4.86. The maximum absolute atomic E-state index is 13.2. The third-order valence-electron chi connectivity index (χ3n) is 4.66. The van der Waals surface area contributed by atoms with Crippen LogP contribution in [0.25, 0.3) is 0 Å². The van der Waals surface area contributed by atoms with Crippen molar-refractivity contribution >= 4 is 21.8 Å². The standard InChI is InChI=1S/C20H22FN3O4S/c21-16-9-11-17(12-10-16)29(26,27)24-13-5-4-8-18(24)20(22)23-28-19(25)14-15-6-2-1-3-7-15/h1-3,6-7,9-12,18H,4-5,8,13-14H2,(H2,22,23)/t18-/m0/s1. The van der Waals surface area contributed by atoms with E-state index in [9.17, 15) is 17.6 Å². The summed E-state index contributed by atoms with van der Waals surface area (Å²) in [6, 6.07) is 12.9. The summed E-state index contributed by atoms with van der Waals surface area (Å²) in [5.41, 5.74) is 6.75. The fourth-order valence-electron chi connectivity index (χ4n) is 3.19. The van der Waals surface area contributed by atoms with Crippen LogP contribution in [0.4, 0.5) is 4.39 Å². The Labute approximate surface area is 169 Å². The smallest absolute Gasteiger partial charge is 0.339 e. The number of sulfonamides is 1. The van der Waals surface area contributed by atoms with Crippen molar-refractivity contribution in [3.05, 3.63) is 66.0 Å². The molecule has 1 fully saturated rings. The Morgan fingerprint density at radius 3 is 2.52 bits per heavy atom. The Kier molecular flexibility index (Phi) is 6.60. The van der Waals surface area contributed by atoms with E-state index in [4.69, 9.17) is 10.6 Å². The number of carbonyl (C=O) groups is 1. The van der Waals surface area contributed by atoms with Crippen molar-refractivity contribution in [2.45, 2.75) is 36.6 Å². The number of benzene rings is 2. The van der Waals surface area contributed by atoms with Crippen molar-refractivity contribution in [1.29, 1.82) is 0 Å². The minimum absolute atomic E-state index is 0.0277. The molecule has 0 bridgehead atoms. The van der Waals surface area contributed by atoms with Gasteiger partial charge in [-0.25, -0.2) is 17.6 Å². The highest BCUT2D eigenvalue weighted by molar-refractivity contribution is 7.89. The van der Waals surface area contributed by atoms with Gasteiger partial charge in [-0.1, -0.05) is 41.9 Å². The molecule has 1 atom stereocenters. The van der Waals surface area contributed by atoms with Crippen LogP contribution in [0.2, 0.25) is 0 Å². The highest BCUT2D eigenvalue weighted by atomic mass is 32.2. The maximum Gasteiger partial charge on any atom is 0.339 e. The third-order valence-corrected chi connectivity index (χ3v) is 6.58. The van der Waals surface area contributed by atoms with Gasteiger partial charge in [0.15, 0.2) is 5.84 Å². The SMILES string of the molecule is NC(=NOC(=O)Cc1ccccc1)[C@@H]1CCCCN1S(=O)(=O)c1ccc(F)cc1. The number of rotatable bonds is 6. The molecule has 9 heteroatoms. The zero-order valence-corrected chi connectivity index (χ0v) is 16.5. The van der Waals surface area contributed by atoms with Gasteiger partial charge in [0.25, 0.3) is 0 Å². The zero-order valence-electron chi connectivity index (χ0n) is 15.7. The lowest BCUT2D eigenvalue weighted by Crippen LogP contribution is -2.50. The Morgan fingerprint density at radius 1 is 1.14 bits per heavy atom.